The van der Waals surface area contributed by atoms with Crippen LogP contribution in [0.5, 0.6) is 17.2 Å². The molecule has 0 aliphatic rings. The molecule has 1 heterocycles. The van der Waals surface area contributed by atoms with Crippen molar-refractivity contribution >= 4 is 30.0 Å². The monoisotopic (exact) mass is 494 g/mol. The van der Waals surface area contributed by atoms with Crippen LogP contribution in [-0.4, -0.2) is 34.8 Å². The van der Waals surface area contributed by atoms with Gasteiger partial charge in [-0.3, -0.25) is 0 Å². The highest BCUT2D eigenvalue weighted by atomic mass is 35.5. The van der Waals surface area contributed by atoms with Gasteiger partial charge in [-0.2, -0.15) is 14.9 Å². The molecule has 4 aromatic rings. The predicted octanol–water partition coefficient (Wildman–Crippen LogP) is 6.13. The molecule has 0 aliphatic carbocycles. The Morgan fingerprint density at radius 3 is 2.59 bits per heavy atom. The van der Waals surface area contributed by atoms with Gasteiger partial charge < -0.3 is 14.2 Å². The maximum absolute atomic E-state index is 6.22. The van der Waals surface area contributed by atoms with Crippen LogP contribution in [0.1, 0.15) is 18.1 Å². The molecule has 174 valence electrons. The van der Waals surface area contributed by atoms with E-state index in [1.807, 2.05) is 73.7 Å². The summed E-state index contributed by atoms with van der Waals surface area (Å²) in [5.74, 6) is 2.57. The first-order chi connectivity index (χ1) is 16.6. The molecule has 0 aliphatic heterocycles. The highest BCUT2D eigenvalue weighted by molar-refractivity contribution is 7.71. The number of aromatic nitrogens is 3. The number of methoxy groups -OCH3 is 1. The second kappa shape index (κ2) is 11.0. The van der Waals surface area contributed by atoms with Crippen molar-refractivity contribution in [2.24, 2.45) is 5.10 Å². The number of H-pyrrole nitrogens is 1. The molecule has 1 N–H and O–H groups in total. The summed E-state index contributed by atoms with van der Waals surface area (Å²) in [5, 5.41) is 12.3. The van der Waals surface area contributed by atoms with E-state index >= 15 is 0 Å². The van der Waals surface area contributed by atoms with Gasteiger partial charge in [0.15, 0.2) is 17.3 Å². The number of nitrogens with zero attached hydrogens (tertiary/aromatic N) is 3. The first kappa shape index (κ1) is 23.5. The Morgan fingerprint density at radius 1 is 1.06 bits per heavy atom. The zero-order chi connectivity index (χ0) is 23.9. The molecular formula is C25H23ClN4O3S. The van der Waals surface area contributed by atoms with E-state index in [9.17, 15) is 0 Å². The molecule has 9 heteroatoms. The van der Waals surface area contributed by atoms with Gasteiger partial charge in [-0.15, -0.1) is 0 Å². The Labute approximate surface area is 207 Å². The molecule has 0 saturated heterocycles. The van der Waals surface area contributed by atoms with E-state index in [1.54, 1.807) is 18.0 Å². The van der Waals surface area contributed by atoms with E-state index in [-0.39, 0.29) is 0 Å². The third kappa shape index (κ3) is 5.47. The molecule has 0 atom stereocenters. The van der Waals surface area contributed by atoms with E-state index in [0.29, 0.717) is 40.3 Å². The smallest absolute Gasteiger partial charge is 0.216 e. The van der Waals surface area contributed by atoms with Crippen LogP contribution >= 0.6 is 23.8 Å². The Hall–Kier alpha value is -3.62. The molecular weight excluding hydrogens is 472 g/mol. The van der Waals surface area contributed by atoms with Crippen LogP contribution in [0.3, 0.4) is 0 Å². The summed E-state index contributed by atoms with van der Waals surface area (Å²) < 4.78 is 18.9. The highest BCUT2D eigenvalue weighted by Crippen LogP contribution is 2.29. The third-order valence-electron chi connectivity index (χ3n) is 4.92. The van der Waals surface area contributed by atoms with Crippen LogP contribution in [0.2, 0.25) is 5.02 Å². The summed E-state index contributed by atoms with van der Waals surface area (Å²) in [6.45, 7) is 2.88. The van der Waals surface area contributed by atoms with Gasteiger partial charge in [0.2, 0.25) is 4.77 Å². The first-order valence-corrected chi connectivity index (χ1v) is 11.4. The number of nitrogens with one attached hydrogen (secondary N) is 1. The van der Waals surface area contributed by atoms with Gasteiger partial charge >= 0.3 is 0 Å². The highest BCUT2D eigenvalue weighted by Gasteiger charge is 2.10. The van der Waals surface area contributed by atoms with Gasteiger partial charge in [-0.05, 0) is 73.2 Å². The van der Waals surface area contributed by atoms with Gasteiger partial charge in [0.25, 0.3) is 0 Å². The lowest BCUT2D eigenvalue weighted by atomic mass is 10.2. The minimum Gasteiger partial charge on any atom is -0.494 e. The Bertz CT molecular complexity index is 1350. The summed E-state index contributed by atoms with van der Waals surface area (Å²) in [5.41, 5.74) is 2.56. The summed E-state index contributed by atoms with van der Waals surface area (Å²) in [6, 6.07) is 20.7. The molecule has 0 unspecified atom stereocenters. The van der Waals surface area contributed by atoms with Crippen molar-refractivity contribution in [3.63, 3.8) is 0 Å². The van der Waals surface area contributed by atoms with Crippen molar-refractivity contribution in [3.8, 4) is 28.6 Å². The van der Waals surface area contributed by atoms with Crippen LogP contribution in [0, 0.1) is 4.77 Å². The lowest BCUT2D eigenvalue weighted by Gasteiger charge is -2.12. The molecule has 34 heavy (non-hydrogen) atoms. The Morgan fingerprint density at radius 2 is 1.85 bits per heavy atom. The first-order valence-electron chi connectivity index (χ1n) is 10.6. The van der Waals surface area contributed by atoms with E-state index < -0.39 is 0 Å². The normalized spacial score (nSPS) is 11.0. The zero-order valence-corrected chi connectivity index (χ0v) is 20.3. The number of ether oxygens (including phenoxy) is 3. The van der Waals surface area contributed by atoms with Crippen molar-refractivity contribution in [2.75, 3.05) is 13.7 Å². The number of rotatable bonds is 9. The fourth-order valence-corrected chi connectivity index (χ4v) is 3.60. The molecule has 7 nitrogen and oxygen atoms in total. The molecule has 0 fully saturated rings. The fourth-order valence-electron chi connectivity index (χ4n) is 3.23. The number of benzene rings is 3. The number of hydrogen-bond acceptors (Lipinski definition) is 6. The van der Waals surface area contributed by atoms with Crippen molar-refractivity contribution in [3.05, 3.63) is 87.7 Å². The van der Waals surface area contributed by atoms with E-state index in [1.165, 1.54) is 0 Å². The van der Waals surface area contributed by atoms with E-state index in [4.69, 9.17) is 38.0 Å². The SMILES string of the molecule is CCOc1ccc(-c2n[nH]c(=S)n2N=Cc2ccc(OCc3ccccc3Cl)c(OC)c2)cc1. The lowest BCUT2D eigenvalue weighted by molar-refractivity contribution is 0.284. The number of halogens is 1. The molecule has 3 aromatic carbocycles. The summed E-state index contributed by atoms with van der Waals surface area (Å²) in [4.78, 5) is 0. The maximum atomic E-state index is 6.22. The van der Waals surface area contributed by atoms with Crippen LogP contribution in [0.4, 0.5) is 0 Å². The van der Waals surface area contributed by atoms with E-state index in [0.717, 1.165) is 22.4 Å². The van der Waals surface area contributed by atoms with Crippen molar-refractivity contribution in [1.82, 2.24) is 14.9 Å². The van der Waals surface area contributed by atoms with Crippen LogP contribution in [0.25, 0.3) is 11.4 Å². The second-order valence-electron chi connectivity index (χ2n) is 7.16. The molecule has 0 amide bonds. The summed E-state index contributed by atoms with van der Waals surface area (Å²) >= 11 is 11.6. The molecule has 0 bridgehead atoms. The fraction of sp³-hybridized carbons (Fsp3) is 0.160. The number of aromatic amines is 1. The van der Waals surface area contributed by atoms with Gasteiger partial charge in [-0.25, -0.2) is 5.10 Å². The average molecular weight is 495 g/mol. The average Bonchev–Trinajstić information content (AvgIpc) is 3.23. The molecule has 0 spiro atoms. The largest absolute Gasteiger partial charge is 0.494 e. The predicted molar refractivity (Wildman–Crippen MR) is 136 cm³/mol. The quantitative estimate of drug-likeness (QED) is 0.224. The molecule has 0 radical (unpaired) electrons. The summed E-state index contributed by atoms with van der Waals surface area (Å²) in [7, 11) is 1.59. The van der Waals surface area contributed by atoms with Crippen molar-refractivity contribution < 1.29 is 14.2 Å². The lowest BCUT2D eigenvalue weighted by Crippen LogP contribution is -1.99. The second-order valence-corrected chi connectivity index (χ2v) is 7.95. The molecule has 1 aromatic heterocycles. The van der Waals surface area contributed by atoms with Crippen LogP contribution < -0.4 is 14.2 Å². The summed E-state index contributed by atoms with van der Waals surface area (Å²) in [6.07, 6.45) is 1.68. The van der Waals surface area contributed by atoms with Crippen molar-refractivity contribution in [2.45, 2.75) is 13.5 Å². The Balaban J connectivity index is 1.53. The topological polar surface area (TPSA) is 73.7 Å². The maximum Gasteiger partial charge on any atom is 0.216 e. The van der Waals surface area contributed by atoms with Crippen molar-refractivity contribution in [1.29, 1.82) is 0 Å². The zero-order valence-electron chi connectivity index (χ0n) is 18.7. The standard InChI is InChI=1S/C25H23ClN4O3S/c1-3-32-20-11-9-18(10-12-20)24-28-29-25(34)30(24)27-15-17-8-13-22(23(14-17)31-2)33-16-19-6-4-5-7-21(19)26/h4-15H,3,16H2,1-2H3,(H,29,34). The van der Waals surface area contributed by atoms with Gasteiger partial charge in [0, 0.05) is 16.1 Å². The minimum absolute atomic E-state index is 0.332. The number of hydrogen-bond donors (Lipinski definition) is 1. The Kier molecular flexibility index (Phi) is 7.61. The molecule has 4 rings (SSSR count). The third-order valence-corrected chi connectivity index (χ3v) is 5.56. The minimum atomic E-state index is 0.332. The molecule has 0 saturated carbocycles. The van der Waals surface area contributed by atoms with Crippen LogP contribution in [0.15, 0.2) is 71.8 Å². The van der Waals surface area contributed by atoms with Gasteiger partial charge in [0.05, 0.1) is 19.9 Å². The van der Waals surface area contributed by atoms with E-state index in [2.05, 4.69) is 15.3 Å². The van der Waals surface area contributed by atoms with Gasteiger partial charge in [-0.1, -0.05) is 29.8 Å². The van der Waals surface area contributed by atoms with Gasteiger partial charge in [0.1, 0.15) is 12.4 Å². The van der Waals surface area contributed by atoms with Crippen LogP contribution in [-0.2, 0) is 6.61 Å².